The lowest BCUT2D eigenvalue weighted by molar-refractivity contribution is 0.601. The first-order chi connectivity index (χ1) is 27.9. The predicted octanol–water partition coefficient (Wildman–Crippen LogP) is 15.6. The Morgan fingerprint density at radius 2 is 0.776 bits per heavy atom. The van der Waals surface area contributed by atoms with Crippen molar-refractivity contribution < 1.29 is 0 Å². The van der Waals surface area contributed by atoms with Gasteiger partial charge in [0.05, 0.1) is 5.69 Å². The summed E-state index contributed by atoms with van der Waals surface area (Å²) in [6.45, 7) is 18.5. The lowest BCUT2D eigenvalue weighted by Crippen LogP contribution is -2.24. The third kappa shape index (κ3) is 5.46. The number of fused-ring (bicyclic) bond motifs is 9. The predicted molar refractivity (Wildman–Crippen MR) is 247 cm³/mol. The number of hydrogen-bond acceptors (Lipinski definition) is 2. The molecular formula is C56H50N2. The Kier molecular flexibility index (Phi) is 8.12. The van der Waals surface area contributed by atoms with Crippen LogP contribution in [-0.4, -0.2) is 0 Å². The van der Waals surface area contributed by atoms with E-state index < -0.39 is 0 Å². The van der Waals surface area contributed by atoms with Crippen molar-refractivity contribution in [2.45, 2.75) is 66.2 Å². The molecule has 8 aromatic rings. The van der Waals surface area contributed by atoms with Gasteiger partial charge in [-0.3, -0.25) is 0 Å². The molecule has 0 heterocycles. The Morgan fingerprint density at radius 1 is 0.345 bits per heavy atom. The van der Waals surface area contributed by atoms with E-state index in [9.17, 15) is 0 Å². The zero-order valence-electron chi connectivity index (χ0n) is 34.9. The van der Waals surface area contributed by atoms with Gasteiger partial charge in [0.1, 0.15) is 0 Å². The molecule has 0 saturated heterocycles. The highest BCUT2D eigenvalue weighted by Gasteiger charge is 2.47. The first-order valence-electron chi connectivity index (χ1n) is 20.7. The minimum atomic E-state index is -0.253. The van der Waals surface area contributed by atoms with Crippen LogP contribution in [0.2, 0.25) is 0 Å². The standard InChI is InChI=1S/C56H50N2/c1-35-15-11-19-39(29-35)57(40-20-12-16-36(2)30-40)43-25-26-44-47-27-28-48-52-46-24-10-9-23-45(46)51(34-50(52)56(7,8)54(48)53(47)55(5,6)49(44)33-43)58(41-21-13-17-37(3)31-41)42-22-14-18-38(4)32-42/h9-34H,1-8H3. The van der Waals surface area contributed by atoms with Gasteiger partial charge in [-0.15, -0.1) is 0 Å². The Balaban J connectivity index is 1.17. The van der Waals surface area contributed by atoms with E-state index in [1.807, 2.05) is 0 Å². The molecule has 0 atom stereocenters. The average Bonchev–Trinajstić information content (AvgIpc) is 3.57. The Labute approximate surface area is 344 Å². The number of aryl methyl sites for hydroxylation is 4. The third-order valence-corrected chi connectivity index (χ3v) is 12.9. The van der Waals surface area contributed by atoms with Gasteiger partial charge in [0.2, 0.25) is 0 Å². The molecule has 0 aliphatic heterocycles. The van der Waals surface area contributed by atoms with E-state index in [1.54, 1.807) is 0 Å². The van der Waals surface area contributed by atoms with E-state index >= 15 is 0 Å². The number of benzene rings is 8. The van der Waals surface area contributed by atoms with Gasteiger partial charge in [0, 0.05) is 44.7 Å². The van der Waals surface area contributed by atoms with Gasteiger partial charge in [-0.25, -0.2) is 0 Å². The Bertz CT molecular complexity index is 2870. The molecule has 0 spiro atoms. The van der Waals surface area contributed by atoms with E-state index in [2.05, 4.69) is 223 Å². The molecule has 0 bridgehead atoms. The second-order valence-corrected chi connectivity index (χ2v) is 17.8. The van der Waals surface area contributed by atoms with Gasteiger partial charge in [-0.05, 0) is 167 Å². The highest BCUT2D eigenvalue weighted by atomic mass is 15.1. The molecule has 0 amide bonds. The van der Waals surface area contributed by atoms with Crippen molar-refractivity contribution in [3.8, 4) is 22.3 Å². The molecule has 8 aromatic carbocycles. The lowest BCUT2D eigenvalue weighted by Gasteiger charge is -2.32. The summed E-state index contributed by atoms with van der Waals surface area (Å²) >= 11 is 0. The normalized spacial score (nSPS) is 14.1. The van der Waals surface area contributed by atoms with Crippen molar-refractivity contribution >= 4 is 44.9 Å². The van der Waals surface area contributed by atoms with E-state index in [-0.39, 0.29) is 10.8 Å². The molecule has 0 unspecified atom stereocenters. The van der Waals surface area contributed by atoms with Gasteiger partial charge < -0.3 is 9.80 Å². The van der Waals surface area contributed by atoms with E-state index in [0.29, 0.717) is 0 Å². The average molecular weight is 751 g/mol. The van der Waals surface area contributed by atoms with E-state index in [4.69, 9.17) is 0 Å². The second-order valence-electron chi connectivity index (χ2n) is 17.8. The molecule has 0 N–H and O–H groups in total. The number of nitrogens with zero attached hydrogens (tertiary/aromatic N) is 2. The fourth-order valence-electron chi connectivity index (χ4n) is 10.3. The van der Waals surface area contributed by atoms with Crippen LogP contribution in [0.1, 0.15) is 72.2 Å². The van der Waals surface area contributed by atoms with Crippen LogP contribution in [-0.2, 0) is 10.8 Å². The van der Waals surface area contributed by atoms with Crippen LogP contribution in [0.25, 0.3) is 33.0 Å². The maximum atomic E-state index is 2.52. The molecule has 2 aliphatic rings. The van der Waals surface area contributed by atoms with Gasteiger partial charge in [-0.1, -0.05) is 119 Å². The SMILES string of the molecule is Cc1cccc(N(c2cccc(C)c2)c2ccc3c(c2)C(C)(C)c2c-3ccc3c2C(C)(C)c2cc(N(c4cccc(C)c4)c4cccc(C)c4)c4ccccc4c2-3)c1. The molecule has 0 fully saturated rings. The Hall–Kier alpha value is -6.38. The summed E-state index contributed by atoms with van der Waals surface area (Å²) in [7, 11) is 0. The summed E-state index contributed by atoms with van der Waals surface area (Å²) < 4.78 is 0. The quantitative estimate of drug-likeness (QED) is 0.167. The number of hydrogen-bond donors (Lipinski definition) is 0. The Morgan fingerprint density at radius 3 is 1.31 bits per heavy atom. The van der Waals surface area contributed by atoms with Gasteiger partial charge in [-0.2, -0.15) is 0 Å². The van der Waals surface area contributed by atoms with Crippen LogP contribution in [0.5, 0.6) is 0 Å². The molecule has 10 rings (SSSR count). The van der Waals surface area contributed by atoms with Crippen molar-refractivity contribution in [1.29, 1.82) is 0 Å². The van der Waals surface area contributed by atoms with Crippen LogP contribution in [0.4, 0.5) is 34.1 Å². The molecule has 284 valence electrons. The molecule has 58 heavy (non-hydrogen) atoms. The zero-order valence-corrected chi connectivity index (χ0v) is 34.9. The van der Waals surface area contributed by atoms with Crippen LogP contribution >= 0.6 is 0 Å². The van der Waals surface area contributed by atoms with Gasteiger partial charge in [0.25, 0.3) is 0 Å². The summed E-state index contributed by atoms with van der Waals surface area (Å²) in [6.07, 6.45) is 0. The highest BCUT2D eigenvalue weighted by molar-refractivity contribution is 6.11. The van der Waals surface area contributed by atoms with Gasteiger partial charge >= 0.3 is 0 Å². The maximum Gasteiger partial charge on any atom is 0.0543 e. The summed E-state index contributed by atoms with van der Waals surface area (Å²) in [4.78, 5) is 4.90. The van der Waals surface area contributed by atoms with Gasteiger partial charge in [0.15, 0.2) is 0 Å². The first kappa shape index (κ1) is 36.0. The van der Waals surface area contributed by atoms with E-state index in [0.717, 1.165) is 0 Å². The highest BCUT2D eigenvalue weighted by Crippen LogP contribution is 2.61. The number of rotatable bonds is 6. The third-order valence-electron chi connectivity index (χ3n) is 12.9. The summed E-state index contributed by atoms with van der Waals surface area (Å²) in [5, 5.41) is 2.56. The topological polar surface area (TPSA) is 6.48 Å². The molecule has 0 saturated carbocycles. The summed E-state index contributed by atoms with van der Waals surface area (Å²) in [5.74, 6) is 0. The minimum absolute atomic E-state index is 0.232. The monoisotopic (exact) mass is 750 g/mol. The van der Waals surface area contributed by atoms with Crippen LogP contribution in [0, 0.1) is 27.7 Å². The zero-order chi connectivity index (χ0) is 40.1. The largest absolute Gasteiger partial charge is 0.310 e. The minimum Gasteiger partial charge on any atom is -0.310 e. The van der Waals surface area contributed by atoms with Crippen LogP contribution in [0.3, 0.4) is 0 Å². The van der Waals surface area contributed by atoms with Crippen molar-refractivity contribution in [3.05, 3.63) is 202 Å². The van der Waals surface area contributed by atoms with E-state index in [1.165, 1.54) is 112 Å². The first-order valence-corrected chi connectivity index (χ1v) is 20.7. The summed E-state index contributed by atoms with van der Waals surface area (Å²) in [6, 6.07) is 59.2. The van der Waals surface area contributed by atoms with Crippen molar-refractivity contribution in [3.63, 3.8) is 0 Å². The fraction of sp³-hybridized carbons (Fsp3) is 0.179. The molecular weight excluding hydrogens is 701 g/mol. The number of anilines is 6. The van der Waals surface area contributed by atoms with Crippen molar-refractivity contribution in [2.75, 3.05) is 9.80 Å². The van der Waals surface area contributed by atoms with Crippen molar-refractivity contribution in [2.24, 2.45) is 0 Å². The maximum absolute atomic E-state index is 2.52. The van der Waals surface area contributed by atoms with Crippen molar-refractivity contribution in [1.82, 2.24) is 0 Å². The van der Waals surface area contributed by atoms with Crippen LogP contribution in [0.15, 0.2) is 158 Å². The summed E-state index contributed by atoms with van der Waals surface area (Å²) in [5.41, 5.74) is 22.7. The lowest BCUT2D eigenvalue weighted by atomic mass is 9.72. The fourth-order valence-corrected chi connectivity index (χ4v) is 10.3. The second kappa shape index (κ2) is 13.1. The molecule has 0 radical (unpaired) electrons. The molecule has 0 aromatic heterocycles. The smallest absolute Gasteiger partial charge is 0.0543 e. The molecule has 2 aliphatic carbocycles. The molecule has 2 nitrogen and oxygen atoms in total. The molecule has 2 heteroatoms. The van der Waals surface area contributed by atoms with Crippen LogP contribution < -0.4 is 9.80 Å².